The number of likely N-dealkylation sites (tertiary alicyclic amines) is 1. The molecular weight excluding hydrogens is 254 g/mol. The molecule has 3 rings (SSSR count). The molecule has 110 valence electrons. The predicted molar refractivity (Wildman–Crippen MR) is 76.8 cm³/mol. The lowest BCUT2D eigenvalue weighted by Crippen LogP contribution is -2.50. The highest BCUT2D eigenvalue weighted by atomic mass is 16.3. The van der Waals surface area contributed by atoms with Gasteiger partial charge in [0.15, 0.2) is 5.76 Å². The molecule has 1 atom stereocenters. The zero-order chi connectivity index (χ0) is 14.1. The average Bonchev–Trinajstić information content (AvgIpc) is 3.08. The summed E-state index contributed by atoms with van der Waals surface area (Å²) in [5, 5.41) is 0. The third-order valence-electron chi connectivity index (χ3n) is 4.56. The summed E-state index contributed by atoms with van der Waals surface area (Å²) in [5.74, 6) is 0.549. The second-order valence-corrected chi connectivity index (χ2v) is 5.97. The van der Waals surface area contributed by atoms with Crippen molar-refractivity contribution in [3.8, 4) is 0 Å². The van der Waals surface area contributed by atoms with E-state index in [0.29, 0.717) is 11.8 Å². The van der Waals surface area contributed by atoms with Gasteiger partial charge in [0.1, 0.15) is 0 Å². The van der Waals surface area contributed by atoms with Crippen molar-refractivity contribution in [1.29, 1.82) is 0 Å². The van der Waals surface area contributed by atoms with Crippen molar-refractivity contribution in [1.82, 2.24) is 14.7 Å². The van der Waals surface area contributed by atoms with E-state index >= 15 is 0 Å². The molecule has 3 heterocycles. The molecule has 2 aliphatic rings. The van der Waals surface area contributed by atoms with Crippen LogP contribution in [0, 0.1) is 6.92 Å². The molecule has 1 aromatic heterocycles. The van der Waals surface area contributed by atoms with Gasteiger partial charge in [-0.15, -0.1) is 0 Å². The largest absolute Gasteiger partial charge is 0.459 e. The van der Waals surface area contributed by atoms with E-state index in [4.69, 9.17) is 4.42 Å². The molecule has 0 aromatic carbocycles. The zero-order valence-electron chi connectivity index (χ0n) is 12.3. The number of furan rings is 1. The minimum atomic E-state index is 0.0455. The van der Waals surface area contributed by atoms with E-state index in [2.05, 4.69) is 16.8 Å². The number of amides is 1. The van der Waals surface area contributed by atoms with Gasteiger partial charge in [-0.2, -0.15) is 0 Å². The topological polar surface area (TPSA) is 39.9 Å². The fourth-order valence-corrected chi connectivity index (χ4v) is 3.15. The standard InChI is InChI=1S/C15H23N3O2/c1-12-4-10-20-14(12)15(19)18-5-3-13(11-18)17-8-6-16(2)7-9-17/h4,10,13H,3,5-9,11H2,1-2H3. The SMILES string of the molecule is Cc1ccoc1C(=O)N1CCC(N2CCN(C)CC2)C1. The van der Waals surface area contributed by atoms with Gasteiger partial charge in [-0.1, -0.05) is 0 Å². The highest BCUT2D eigenvalue weighted by molar-refractivity contribution is 5.93. The summed E-state index contributed by atoms with van der Waals surface area (Å²) in [7, 11) is 2.17. The van der Waals surface area contributed by atoms with Crippen molar-refractivity contribution >= 4 is 5.91 Å². The van der Waals surface area contributed by atoms with Gasteiger partial charge in [0.25, 0.3) is 5.91 Å². The molecule has 2 aliphatic heterocycles. The monoisotopic (exact) mass is 277 g/mol. The van der Waals surface area contributed by atoms with Crippen molar-refractivity contribution in [3.63, 3.8) is 0 Å². The number of rotatable bonds is 2. The third kappa shape index (κ3) is 2.60. The zero-order valence-corrected chi connectivity index (χ0v) is 12.3. The van der Waals surface area contributed by atoms with Crippen LogP contribution in [0.5, 0.6) is 0 Å². The first-order chi connectivity index (χ1) is 9.65. The van der Waals surface area contributed by atoms with Crippen LogP contribution in [0.15, 0.2) is 16.7 Å². The first kappa shape index (κ1) is 13.6. The Balaban J connectivity index is 1.59. The third-order valence-corrected chi connectivity index (χ3v) is 4.56. The molecule has 0 aliphatic carbocycles. The molecule has 0 saturated carbocycles. The first-order valence-corrected chi connectivity index (χ1v) is 7.41. The molecule has 1 unspecified atom stereocenters. The maximum atomic E-state index is 12.4. The molecule has 2 fully saturated rings. The number of piperazine rings is 1. The first-order valence-electron chi connectivity index (χ1n) is 7.41. The van der Waals surface area contributed by atoms with Crippen LogP contribution in [0.1, 0.15) is 22.5 Å². The van der Waals surface area contributed by atoms with E-state index in [1.165, 1.54) is 0 Å². The van der Waals surface area contributed by atoms with Gasteiger partial charge in [-0.05, 0) is 26.5 Å². The Bertz CT molecular complexity index is 477. The number of hydrogen-bond acceptors (Lipinski definition) is 4. The second-order valence-electron chi connectivity index (χ2n) is 5.97. The Labute approximate surface area is 120 Å². The van der Waals surface area contributed by atoms with Gasteiger partial charge < -0.3 is 14.2 Å². The van der Waals surface area contributed by atoms with E-state index in [9.17, 15) is 4.79 Å². The van der Waals surface area contributed by atoms with E-state index in [1.54, 1.807) is 6.26 Å². The summed E-state index contributed by atoms with van der Waals surface area (Å²) >= 11 is 0. The van der Waals surface area contributed by atoms with Crippen LogP contribution in [-0.2, 0) is 0 Å². The molecule has 0 spiro atoms. The highest BCUT2D eigenvalue weighted by Crippen LogP contribution is 2.20. The predicted octanol–water partition coefficient (Wildman–Crippen LogP) is 1.05. The Morgan fingerprint density at radius 3 is 2.65 bits per heavy atom. The lowest BCUT2D eigenvalue weighted by Gasteiger charge is -2.36. The molecule has 0 radical (unpaired) electrons. The summed E-state index contributed by atoms with van der Waals surface area (Å²) < 4.78 is 5.32. The molecule has 1 amide bonds. The Morgan fingerprint density at radius 1 is 1.25 bits per heavy atom. The minimum absolute atomic E-state index is 0.0455. The maximum absolute atomic E-state index is 12.4. The molecule has 0 bridgehead atoms. The van der Waals surface area contributed by atoms with Gasteiger partial charge >= 0.3 is 0 Å². The molecule has 5 heteroatoms. The van der Waals surface area contributed by atoms with Crippen molar-refractivity contribution in [2.45, 2.75) is 19.4 Å². The molecule has 1 aromatic rings. The van der Waals surface area contributed by atoms with Crippen LogP contribution in [0.4, 0.5) is 0 Å². The van der Waals surface area contributed by atoms with Gasteiger partial charge in [0.2, 0.25) is 0 Å². The second kappa shape index (κ2) is 5.58. The number of carbonyl (C=O) groups excluding carboxylic acids is 1. The summed E-state index contributed by atoms with van der Waals surface area (Å²) in [4.78, 5) is 19.2. The van der Waals surface area contributed by atoms with Crippen molar-refractivity contribution in [2.24, 2.45) is 0 Å². The molecule has 5 nitrogen and oxygen atoms in total. The number of hydrogen-bond donors (Lipinski definition) is 0. The summed E-state index contributed by atoms with van der Waals surface area (Å²) in [5.41, 5.74) is 0.929. The fourth-order valence-electron chi connectivity index (χ4n) is 3.15. The summed E-state index contributed by atoms with van der Waals surface area (Å²) in [6, 6.07) is 2.37. The highest BCUT2D eigenvalue weighted by Gasteiger charge is 2.33. The fraction of sp³-hybridized carbons (Fsp3) is 0.667. The lowest BCUT2D eigenvalue weighted by atomic mass is 10.2. The van der Waals surface area contributed by atoms with Gasteiger partial charge in [-0.25, -0.2) is 0 Å². The Kier molecular flexibility index (Phi) is 3.81. The summed E-state index contributed by atoms with van der Waals surface area (Å²) in [6.07, 6.45) is 2.67. The van der Waals surface area contributed by atoms with Gasteiger partial charge in [0.05, 0.1) is 6.26 Å². The Morgan fingerprint density at radius 2 is 2.00 bits per heavy atom. The normalized spacial score (nSPS) is 25.3. The number of likely N-dealkylation sites (N-methyl/N-ethyl adjacent to an activating group) is 1. The molecule has 0 N–H and O–H groups in total. The van der Waals surface area contributed by atoms with Crippen LogP contribution < -0.4 is 0 Å². The van der Waals surface area contributed by atoms with E-state index in [1.807, 2.05) is 17.9 Å². The molecule has 2 saturated heterocycles. The lowest BCUT2D eigenvalue weighted by molar-refractivity contribution is 0.0724. The Hall–Kier alpha value is -1.33. The van der Waals surface area contributed by atoms with Gasteiger partial charge in [0, 0.05) is 50.9 Å². The van der Waals surface area contributed by atoms with Crippen LogP contribution >= 0.6 is 0 Å². The quantitative estimate of drug-likeness (QED) is 0.810. The van der Waals surface area contributed by atoms with Crippen molar-refractivity contribution in [3.05, 3.63) is 23.7 Å². The summed E-state index contributed by atoms with van der Waals surface area (Å²) in [6.45, 7) is 8.08. The smallest absolute Gasteiger partial charge is 0.289 e. The van der Waals surface area contributed by atoms with E-state index < -0.39 is 0 Å². The molecular formula is C15H23N3O2. The van der Waals surface area contributed by atoms with Crippen LogP contribution in [0.25, 0.3) is 0 Å². The van der Waals surface area contributed by atoms with Crippen LogP contribution in [0.3, 0.4) is 0 Å². The van der Waals surface area contributed by atoms with Gasteiger partial charge in [-0.3, -0.25) is 9.69 Å². The molecule has 20 heavy (non-hydrogen) atoms. The number of carbonyl (C=O) groups is 1. The average molecular weight is 277 g/mol. The number of nitrogens with zero attached hydrogens (tertiary/aromatic N) is 3. The van der Waals surface area contributed by atoms with E-state index in [0.717, 1.165) is 51.3 Å². The van der Waals surface area contributed by atoms with Crippen LogP contribution in [-0.4, -0.2) is 73.0 Å². The van der Waals surface area contributed by atoms with Crippen molar-refractivity contribution < 1.29 is 9.21 Å². The van der Waals surface area contributed by atoms with E-state index in [-0.39, 0.29) is 5.91 Å². The minimum Gasteiger partial charge on any atom is -0.459 e. The van der Waals surface area contributed by atoms with Crippen LogP contribution in [0.2, 0.25) is 0 Å². The number of aryl methyl sites for hydroxylation is 1. The maximum Gasteiger partial charge on any atom is 0.289 e. The van der Waals surface area contributed by atoms with Crippen molar-refractivity contribution in [2.75, 3.05) is 46.3 Å².